The van der Waals surface area contributed by atoms with Crippen LogP contribution in [0.4, 0.5) is 34.1 Å². The maximum Gasteiger partial charge on any atom is 2.00 e. The van der Waals surface area contributed by atoms with Crippen LogP contribution in [0.25, 0.3) is 21.5 Å². The summed E-state index contributed by atoms with van der Waals surface area (Å²) in [5.41, 5.74) is 0.398. The molecule has 0 unspecified atom stereocenters. The third kappa shape index (κ3) is 13.6. The summed E-state index contributed by atoms with van der Waals surface area (Å²) < 4.78 is 79.5. The molecule has 0 spiro atoms. The van der Waals surface area contributed by atoms with Gasteiger partial charge in [-0.15, -0.1) is 15.3 Å². The van der Waals surface area contributed by atoms with E-state index in [2.05, 4.69) is 31.1 Å². The number of phenols is 1. The van der Waals surface area contributed by atoms with Crippen LogP contribution < -0.4 is 25.2 Å². The Morgan fingerprint density at radius 1 is 0.587 bits per heavy atom. The Kier molecular flexibility index (Phi) is 19.0. The second-order valence-corrected chi connectivity index (χ2v) is 19.4. The number of rotatable bonds is 14. The molecule has 0 bridgehead atoms. The Bertz CT molecular complexity index is 3530. The molecule has 0 radical (unpaired) electrons. The van der Waals surface area contributed by atoms with Crippen LogP contribution in [0, 0.1) is 13.8 Å². The van der Waals surface area contributed by atoms with E-state index in [1.165, 1.54) is 38.1 Å². The largest absolute Gasteiger partial charge is 2.00 e. The van der Waals surface area contributed by atoms with Gasteiger partial charge in [-0.3, -0.25) is 14.1 Å². The maximum atomic E-state index is 13.4. The maximum absolute atomic E-state index is 13.4. The number of azo groups is 2. The Labute approximate surface area is 470 Å². The molecular formula is C52H42CaCl2N6O12S2. The molecule has 0 aliphatic heterocycles. The van der Waals surface area contributed by atoms with E-state index < -0.39 is 53.3 Å². The van der Waals surface area contributed by atoms with Crippen LogP contribution in [0.5, 0.6) is 23.0 Å². The summed E-state index contributed by atoms with van der Waals surface area (Å²) in [5, 5.41) is 48.3. The predicted molar refractivity (Wildman–Crippen MR) is 284 cm³/mol. The number of halogens is 2. The molecule has 0 heterocycles. The van der Waals surface area contributed by atoms with Gasteiger partial charge in [-0.2, -0.15) is 13.5 Å². The number of ether oxygens (including phenoxy) is 2. The number of hydrogen-bond acceptors (Lipinski definition) is 15. The Balaban J connectivity index is 0.000000241. The molecule has 0 saturated heterocycles. The summed E-state index contributed by atoms with van der Waals surface area (Å²) in [4.78, 5) is 25.0. The molecule has 18 nitrogen and oxygen atoms in total. The monoisotopic (exact) mass is 1120 g/mol. The predicted octanol–water partition coefficient (Wildman–Crippen LogP) is 12.3. The minimum Gasteiger partial charge on any atom is -0.870 e. The van der Waals surface area contributed by atoms with Gasteiger partial charge in [-0.05, 0) is 135 Å². The molecule has 0 atom stereocenters. The van der Waals surface area contributed by atoms with Gasteiger partial charge in [0.15, 0.2) is 5.75 Å². The number of phenolic OH excluding ortho intramolecular Hbond substituents is 1. The molecule has 0 fully saturated rings. The van der Waals surface area contributed by atoms with Crippen molar-refractivity contribution in [2.45, 2.75) is 37.5 Å². The van der Waals surface area contributed by atoms with E-state index in [1.807, 2.05) is 13.8 Å². The first-order chi connectivity index (χ1) is 35.2. The Morgan fingerprint density at radius 3 is 1.45 bits per heavy atom. The molecule has 8 rings (SSSR count). The van der Waals surface area contributed by atoms with Crippen molar-refractivity contribution in [3.63, 3.8) is 0 Å². The minimum absolute atomic E-state index is 0. The number of nitrogens with one attached hydrogen (secondary N) is 2. The van der Waals surface area contributed by atoms with Crippen LogP contribution in [0.1, 0.15) is 45.7 Å². The third-order valence-corrected chi connectivity index (χ3v) is 13.6. The van der Waals surface area contributed by atoms with E-state index in [0.717, 1.165) is 12.1 Å². The molecule has 4 N–H and O–H groups in total. The van der Waals surface area contributed by atoms with Crippen molar-refractivity contribution in [3.8, 4) is 23.0 Å². The molecule has 0 aliphatic carbocycles. The fourth-order valence-corrected chi connectivity index (χ4v) is 8.98. The van der Waals surface area contributed by atoms with Gasteiger partial charge in [0.25, 0.3) is 21.9 Å². The van der Waals surface area contributed by atoms with Crippen LogP contribution in [-0.2, 0) is 20.2 Å². The molecule has 8 aromatic carbocycles. The summed E-state index contributed by atoms with van der Waals surface area (Å²) in [6, 6.07) is 34.7. The molecule has 0 aromatic heterocycles. The van der Waals surface area contributed by atoms with Crippen LogP contribution >= 0.6 is 23.2 Å². The molecule has 23 heteroatoms. The number of nitrogens with zero attached hydrogens (tertiary/aromatic N) is 4. The number of aromatic hydroxyl groups is 1. The molecule has 75 heavy (non-hydrogen) atoms. The van der Waals surface area contributed by atoms with E-state index in [0.29, 0.717) is 57.6 Å². The molecule has 0 aliphatic rings. The van der Waals surface area contributed by atoms with Gasteiger partial charge in [0.2, 0.25) is 0 Å². The summed E-state index contributed by atoms with van der Waals surface area (Å²) in [6.07, 6.45) is 0. The quantitative estimate of drug-likeness (QED) is 0.0449. The molecule has 0 saturated carbocycles. The summed E-state index contributed by atoms with van der Waals surface area (Å²) in [5.74, 6) is -1.16. The average molecular weight is 1120 g/mol. The zero-order valence-electron chi connectivity index (χ0n) is 40.2. The second-order valence-electron chi connectivity index (χ2n) is 15.9. The first-order valence-corrected chi connectivity index (χ1v) is 25.7. The summed E-state index contributed by atoms with van der Waals surface area (Å²) >= 11 is 12.2. The number of carbonyl (C=O) groups is 2. The third-order valence-electron chi connectivity index (χ3n) is 11.0. The van der Waals surface area contributed by atoms with Crippen LogP contribution in [0.3, 0.4) is 0 Å². The van der Waals surface area contributed by atoms with E-state index in [-0.39, 0.29) is 92.8 Å². The number of fused-ring (bicyclic) bond motifs is 2. The Hall–Kier alpha value is -6.72. The van der Waals surface area contributed by atoms with Crippen molar-refractivity contribution < 1.29 is 55.2 Å². The number of anilines is 2. The Morgan fingerprint density at radius 2 is 0.987 bits per heavy atom. The van der Waals surface area contributed by atoms with Crippen LogP contribution in [-0.4, -0.2) is 93.8 Å². The first-order valence-electron chi connectivity index (χ1n) is 22.1. The first kappa shape index (κ1) is 57.6. The average Bonchev–Trinajstić information content (AvgIpc) is 3.36. The van der Waals surface area contributed by atoms with Gasteiger partial charge in [-0.25, -0.2) is 8.42 Å². The van der Waals surface area contributed by atoms with Crippen molar-refractivity contribution in [1.82, 2.24) is 0 Å². The number of benzene rings is 8. The van der Waals surface area contributed by atoms with Gasteiger partial charge in [0, 0.05) is 37.8 Å². The number of hydrogen-bond donors (Lipinski definition) is 4. The second kappa shape index (κ2) is 24.7. The van der Waals surface area contributed by atoms with Gasteiger partial charge >= 0.3 is 37.7 Å². The number of carbonyl (C=O) groups excluding carboxylic acids is 2. The number of amides is 2. The fourth-order valence-electron chi connectivity index (χ4n) is 7.33. The van der Waals surface area contributed by atoms with E-state index in [1.54, 1.807) is 97.1 Å². The van der Waals surface area contributed by atoms with Gasteiger partial charge in [0.05, 0.1) is 29.4 Å². The van der Waals surface area contributed by atoms with E-state index in [9.17, 15) is 45.7 Å². The topological polar surface area (TPSA) is 281 Å². The van der Waals surface area contributed by atoms with Crippen LogP contribution in [0.2, 0.25) is 10.0 Å². The molecule has 380 valence electrons. The van der Waals surface area contributed by atoms with Crippen molar-refractivity contribution in [1.29, 1.82) is 0 Å². The van der Waals surface area contributed by atoms with E-state index in [4.69, 9.17) is 32.7 Å². The zero-order chi connectivity index (χ0) is 53.5. The van der Waals surface area contributed by atoms with Gasteiger partial charge in [-0.1, -0.05) is 77.5 Å². The minimum atomic E-state index is -4.91. The smallest absolute Gasteiger partial charge is 0.870 e. The zero-order valence-corrected chi connectivity index (χ0v) is 45.5. The summed E-state index contributed by atoms with van der Waals surface area (Å²) in [7, 11) is -9.55. The van der Waals surface area contributed by atoms with Crippen molar-refractivity contribution in [2.24, 2.45) is 20.5 Å². The van der Waals surface area contributed by atoms with Crippen molar-refractivity contribution in [2.75, 3.05) is 23.8 Å². The molecule has 2 amide bonds. The fraction of sp³-hybridized carbons (Fsp3) is 0.115. The standard InChI is InChI=1S/2C26H22ClN3O6S.Ca/c2*1-3-36-18-10-8-17(9-11-18)28-26(32)20-14-16-6-4-5-7-19(16)24(25(20)31)30-29-23-15(2)21(27)12-13-22(23)37(33,34)35;/h2*4-14,31H,3H2,1-2H3,(H,28,32)(H,33,34,35);/q;;+2/p-2. The normalized spacial score (nSPS) is 11.5. The van der Waals surface area contributed by atoms with Crippen molar-refractivity contribution in [3.05, 3.63) is 166 Å². The SMILES string of the molecule is CCOc1ccc(NC(=O)c2cc3ccccc3c(N=Nc3c(S(=O)(=O)O)ccc(Cl)c3C)c2O)cc1.CCOc1ccc(NC(=O)c2cc3ccccc3c(N=Nc3c(S(=O)(=O)[O-])ccc(Cl)c3C)c2[O-])cc1.[Ca+2]. The van der Waals surface area contributed by atoms with Gasteiger partial charge < -0.3 is 34.9 Å². The molecular weight excluding hydrogens is 1080 g/mol. The van der Waals surface area contributed by atoms with Crippen LogP contribution in [0.15, 0.2) is 164 Å². The van der Waals surface area contributed by atoms with Gasteiger partial charge in [0.1, 0.15) is 43.6 Å². The van der Waals surface area contributed by atoms with E-state index >= 15 is 0 Å². The molecule has 8 aromatic rings. The van der Waals surface area contributed by atoms with Crippen molar-refractivity contribution >= 4 is 149 Å². The summed E-state index contributed by atoms with van der Waals surface area (Å²) in [6.45, 7) is 7.72.